The van der Waals surface area contributed by atoms with E-state index in [2.05, 4.69) is 30.6 Å². The van der Waals surface area contributed by atoms with E-state index >= 15 is 0 Å². The molecule has 1 N–H and O–H groups in total. The number of amides is 1. The van der Waals surface area contributed by atoms with Gasteiger partial charge in [0.1, 0.15) is 0 Å². The molecule has 3 heteroatoms. The van der Waals surface area contributed by atoms with Crippen LogP contribution in [0.2, 0.25) is 0 Å². The number of unbranched alkanes of at least 4 members (excludes halogenated alkanes) is 2. The van der Waals surface area contributed by atoms with Gasteiger partial charge < -0.3 is 10.2 Å². The maximum atomic E-state index is 11.2. The van der Waals surface area contributed by atoms with Gasteiger partial charge in [0, 0.05) is 12.1 Å². The minimum Gasteiger partial charge on any atom is -0.352 e. The summed E-state index contributed by atoms with van der Waals surface area (Å²) in [5, 5.41) is 2.87. The van der Waals surface area contributed by atoms with Gasteiger partial charge in [-0.15, -0.1) is 0 Å². The van der Waals surface area contributed by atoms with E-state index in [0.29, 0.717) is 5.57 Å². The van der Waals surface area contributed by atoms with Crippen LogP contribution in [0.1, 0.15) is 52.9 Å². The van der Waals surface area contributed by atoms with Gasteiger partial charge in [-0.25, -0.2) is 0 Å². The highest BCUT2D eigenvalue weighted by Crippen LogP contribution is 2.01. The molecule has 0 bridgehead atoms. The fourth-order valence-electron chi connectivity index (χ4n) is 1.96. The largest absolute Gasteiger partial charge is 0.352 e. The van der Waals surface area contributed by atoms with Crippen LogP contribution >= 0.6 is 0 Å². The fraction of sp³-hybridized carbons (Fsp3) is 0.800. The SMILES string of the molecule is C=C(C)C(=O)NCCCCCN(CCC)CCC. The second kappa shape index (κ2) is 11.3. The van der Waals surface area contributed by atoms with Crippen molar-refractivity contribution in [2.45, 2.75) is 52.9 Å². The highest BCUT2D eigenvalue weighted by molar-refractivity contribution is 5.91. The lowest BCUT2D eigenvalue weighted by Gasteiger charge is -2.20. The van der Waals surface area contributed by atoms with Gasteiger partial charge in [-0.2, -0.15) is 0 Å². The van der Waals surface area contributed by atoms with Gasteiger partial charge in [0.2, 0.25) is 5.91 Å². The van der Waals surface area contributed by atoms with E-state index in [1.54, 1.807) is 6.92 Å². The molecule has 0 fully saturated rings. The molecule has 0 aliphatic carbocycles. The zero-order chi connectivity index (χ0) is 13.8. The molecule has 106 valence electrons. The van der Waals surface area contributed by atoms with Crippen molar-refractivity contribution in [2.24, 2.45) is 0 Å². The van der Waals surface area contributed by atoms with Crippen LogP contribution in [-0.2, 0) is 4.79 Å². The van der Waals surface area contributed by atoms with Crippen molar-refractivity contribution in [2.75, 3.05) is 26.2 Å². The number of rotatable bonds is 11. The first-order valence-corrected chi connectivity index (χ1v) is 7.27. The first kappa shape index (κ1) is 17.2. The normalized spacial score (nSPS) is 10.7. The Bertz CT molecular complexity index is 233. The Morgan fingerprint density at radius 3 is 2.17 bits per heavy atom. The predicted molar refractivity (Wildman–Crippen MR) is 78.7 cm³/mol. The average molecular weight is 254 g/mol. The lowest BCUT2D eigenvalue weighted by atomic mass is 10.2. The van der Waals surface area contributed by atoms with Gasteiger partial charge in [0.05, 0.1) is 0 Å². The maximum absolute atomic E-state index is 11.2. The number of carbonyl (C=O) groups excluding carboxylic acids is 1. The van der Waals surface area contributed by atoms with Crippen LogP contribution in [0.15, 0.2) is 12.2 Å². The summed E-state index contributed by atoms with van der Waals surface area (Å²) >= 11 is 0. The molecule has 0 saturated carbocycles. The summed E-state index contributed by atoms with van der Waals surface area (Å²) in [4.78, 5) is 13.8. The Kier molecular flexibility index (Phi) is 10.8. The van der Waals surface area contributed by atoms with Gasteiger partial charge in [-0.1, -0.05) is 26.8 Å². The van der Waals surface area contributed by atoms with Crippen LogP contribution in [0, 0.1) is 0 Å². The van der Waals surface area contributed by atoms with Crippen molar-refractivity contribution < 1.29 is 4.79 Å². The number of carbonyl (C=O) groups is 1. The first-order valence-electron chi connectivity index (χ1n) is 7.27. The minimum atomic E-state index is -0.0198. The summed E-state index contributed by atoms with van der Waals surface area (Å²) in [6, 6.07) is 0. The minimum absolute atomic E-state index is 0.0198. The van der Waals surface area contributed by atoms with Crippen LogP contribution < -0.4 is 5.32 Å². The van der Waals surface area contributed by atoms with Gasteiger partial charge in [0.15, 0.2) is 0 Å². The molecule has 0 rings (SSSR count). The van der Waals surface area contributed by atoms with Crippen molar-refractivity contribution in [3.05, 3.63) is 12.2 Å². The molecule has 18 heavy (non-hydrogen) atoms. The van der Waals surface area contributed by atoms with E-state index in [9.17, 15) is 4.79 Å². The summed E-state index contributed by atoms with van der Waals surface area (Å²) in [6.45, 7) is 14.2. The number of hydrogen-bond acceptors (Lipinski definition) is 2. The molecule has 0 aromatic rings. The lowest BCUT2D eigenvalue weighted by Crippen LogP contribution is -2.27. The van der Waals surface area contributed by atoms with E-state index in [1.165, 1.54) is 45.3 Å². The first-order chi connectivity index (χ1) is 8.61. The number of nitrogens with one attached hydrogen (secondary N) is 1. The van der Waals surface area contributed by atoms with Crippen LogP contribution in [0.3, 0.4) is 0 Å². The van der Waals surface area contributed by atoms with Gasteiger partial charge in [-0.05, 0) is 52.2 Å². The molecule has 0 saturated heterocycles. The lowest BCUT2D eigenvalue weighted by molar-refractivity contribution is -0.117. The smallest absolute Gasteiger partial charge is 0.246 e. The third-order valence-corrected chi connectivity index (χ3v) is 2.90. The summed E-state index contributed by atoms with van der Waals surface area (Å²) in [7, 11) is 0. The Morgan fingerprint density at radius 2 is 1.67 bits per heavy atom. The van der Waals surface area contributed by atoms with E-state index in [0.717, 1.165) is 13.0 Å². The Labute approximate surface area is 113 Å². The maximum Gasteiger partial charge on any atom is 0.246 e. The third kappa shape index (κ3) is 9.23. The van der Waals surface area contributed by atoms with Gasteiger partial charge >= 0.3 is 0 Å². The number of nitrogens with zero attached hydrogens (tertiary/aromatic N) is 1. The Morgan fingerprint density at radius 1 is 1.06 bits per heavy atom. The molecule has 1 amide bonds. The summed E-state index contributed by atoms with van der Waals surface area (Å²) in [5.41, 5.74) is 0.590. The molecule has 0 aromatic carbocycles. The van der Waals surface area contributed by atoms with Gasteiger partial charge in [0.25, 0.3) is 0 Å². The van der Waals surface area contributed by atoms with Crippen molar-refractivity contribution >= 4 is 5.91 Å². The molecule has 0 atom stereocenters. The van der Waals surface area contributed by atoms with Crippen molar-refractivity contribution in [1.29, 1.82) is 0 Å². The zero-order valence-electron chi connectivity index (χ0n) is 12.4. The van der Waals surface area contributed by atoms with Crippen molar-refractivity contribution in [3.63, 3.8) is 0 Å². The van der Waals surface area contributed by atoms with E-state index < -0.39 is 0 Å². The quantitative estimate of drug-likeness (QED) is 0.454. The summed E-state index contributed by atoms with van der Waals surface area (Å²) < 4.78 is 0. The highest BCUT2D eigenvalue weighted by atomic mass is 16.1. The van der Waals surface area contributed by atoms with Crippen LogP contribution in [0.5, 0.6) is 0 Å². The van der Waals surface area contributed by atoms with E-state index in [1.807, 2.05) is 0 Å². The van der Waals surface area contributed by atoms with Crippen LogP contribution in [0.4, 0.5) is 0 Å². The number of hydrogen-bond donors (Lipinski definition) is 1. The monoisotopic (exact) mass is 254 g/mol. The van der Waals surface area contributed by atoms with Crippen LogP contribution in [-0.4, -0.2) is 37.0 Å². The second-order valence-electron chi connectivity index (χ2n) is 4.94. The molecule has 0 heterocycles. The van der Waals surface area contributed by atoms with Gasteiger partial charge in [-0.3, -0.25) is 4.79 Å². The molecule has 0 aliphatic heterocycles. The third-order valence-electron chi connectivity index (χ3n) is 2.90. The molecule has 0 radical (unpaired) electrons. The predicted octanol–water partition coefficient (Wildman–Crippen LogP) is 2.97. The molecule has 3 nitrogen and oxygen atoms in total. The van der Waals surface area contributed by atoms with Crippen molar-refractivity contribution in [1.82, 2.24) is 10.2 Å². The zero-order valence-corrected chi connectivity index (χ0v) is 12.4. The second-order valence-corrected chi connectivity index (χ2v) is 4.94. The molecule has 0 spiro atoms. The molecule has 0 aromatic heterocycles. The molecule has 0 aliphatic rings. The highest BCUT2D eigenvalue weighted by Gasteiger charge is 2.02. The fourth-order valence-corrected chi connectivity index (χ4v) is 1.96. The topological polar surface area (TPSA) is 32.3 Å². The van der Waals surface area contributed by atoms with E-state index in [-0.39, 0.29) is 5.91 Å². The van der Waals surface area contributed by atoms with E-state index in [4.69, 9.17) is 0 Å². The Balaban J connectivity index is 3.48. The standard InChI is InChI=1S/C15H30N2O/c1-5-11-17(12-6-2)13-9-7-8-10-16-15(18)14(3)4/h3,5-13H2,1-2,4H3,(H,16,18). The molecule has 0 unspecified atom stereocenters. The summed E-state index contributed by atoms with van der Waals surface area (Å²) in [5.74, 6) is -0.0198. The summed E-state index contributed by atoms with van der Waals surface area (Å²) in [6.07, 6.45) is 5.93. The van der Waals surface area contributed by atoms with Crippen molar-refractivity contribution in [3.8, 4) is 0 Å². The molecular formula is C15H30N2O. The Hall–Kier alpha value is -0.830. The average Bonchev–Trinajstić information content (AvgIpc) is 2.33. The van der Waals surface area contributed by atoms with Crippen LogP contribution in [0.25, 0.3) is 0 Å². The molecular weight excluding hydrogens is 224 g/mol.